The lowest BCUT2D eigenvalue weighted by Gasteiger charge is -2.15. The molecule has 7 nitrogen and oxygen atoms in total. The first kappa shape index (κ1) is 20.9. The lowest BCUT2D eigenvalue weighted by molar-refractivity contribution is 0.402. The van der Waals surface area contributed by atoms with Gasteiger partial charge in [-0.3, -0.25) is 9.71 Å². The second-order valence-corrected chi connectivity index (χ2v) is 9.10. The largest absolute Gasteiger partial charge is 0.305 e. The number of benzene rings is 1. The van der Waals surface area contributed by atoms with Gasteiger partial charge in [-0.15, -0.1) is 0 Å². The van der Waals surface area contributed by atoms with E-state index in [1.807, 2.05) is 33.2 Å². The topological polar surface area (TPSA) is 88.1 Å². The highest BCUT2D eigenvalue weighted by molar-refractivity contribution is 7.92. The van der Waals surface area contributed by atoms with E-state index in [1.165, 1.54) is 5.56 Å². The fraction of sp³-hybridized carbons (Fsp3) is 0.286. The van der Waals surface area contributed by atoms with Crippen LogP contribution in [-0.2, 0) is 16.6 Å². The Morgan fingerprint density at radius 3 is 2.45 bits per heavy atom. The van der Waals surface area contributed by atoms with E-state index in [9.17, 15) is 8.42 Å². The molecule has 0 atom stereocenters. The zero-order valence-electron chi connectivity index (χ0n) is 17.3. The van der Waals surface area contributed by atoms with Crippen LogP contribution in [0.25, 0.3) is 22.4 Å². The van der Waals surface area contributed by atoms with Crippen molar-refractivity contribution < 1.29 is 8.42 Å². The minimum Gasteiger partial charge on any atom is -0.305 e. The van der Waals surface area contributed by atoms with Crippen LogP contribution < -0.4 is 4.72 Å². The molecule has 3 rings (SSSR count). The summed E-state index contributed by atoms with van der Waals surface area (Å²) in [6.45, 7) is 4.49. The van der Waals surface area contributed by atoms with E-state index < -0.39 is 10.0 Å². The number of sulfonamides is 1. The molecule has 0 fully saturated rings. The van der Waals surface area contributed by atoms with Crippen molar-refractivity contribution >= 4 is 15.7 Å². The Bertz CT molecular complexity index is 1140. The van der Waals surface area contributed by atoms with E-state index in [0.29, 0.717) is 11.4 Å². The quantitative estimate of drug-likeness (QED) is 0.670. The molecule has 0 aliphatic heterocycles. The Hall–Kier alpha value is -2.84. The summed E-state index contributed by atoms with van der Waals surface area (Å²) >= 11 is 0. The molecule has 0 radical (unpaired) electrons. The number of pyridine rings is 1. The predicted molar refractivity (Wildman–Crippen MR) is 116 cm³/mol. The van der Waals surface area contributed by atoms with E-state index in [2.05, 4.69) is 36.7 Å². The maximum absolute atomic E-state index is 11.7. The average molecular weight is 412 g/mol. The van der Waals surface area contributed by atoms with Crippen molar-refractivity contribution in [1.82, 2.24) is 19.9 Å². The predicted octanol–water partition coefficient (Wildman–Crippen LogP) is 3.26. The van der Waals surface area contributed by atoms with E-state index in [0.717, 1.165) is 40.9 Å². The summed E-state index contributed by atoms with van der Waals surface area (Å²) in [5.74, 6) is 0. The highest BCUT2D eigenvalue weighted by Crippen LogP contribution is 2.34. The molecule has 0 saturated carbocycles. The fourth-order valence-corrected chi connectivity index (χ4v) is 3.80. The van der Waals surface area contributed by atoms with Gasteiger partial charge in [-0.05, 0) is 45.6 Å². The Kier molecular flexibility index (Phi) is 5.95. The molecule has 3 aromatic rings. The number of rotatable bonds is 6. The first-order valence-corrected chi connectivity index (χ1v) is 11.0. The molecule has 0 saturated heterocycles. The zero-order chi connectivity index (χ0) is 21.2. The molecule has 1 N–H and O–H groups in total. The molecule has 0 aliphatic carbocycles. The van der Waals surface area contributed by atoms with Gasteiger partial charge in [0.05, 0.1) is 23.3 Å². The van der Waals surface area contributed by atoms with Crippen molar-refractivity contribution in [1.29, 1.82) is 0 Å². The summed E-state index contributed by atoms with van der Waals surface area (Å²) < 4.78 is 26.0. The Labute approximate surface area is 171 Å². The smallest absolute Gasteiger partial charge is 0.229 e. The number of hydrogen-bond donors (Lipinski definition) is 1. The van der Waals surface area contributed by atoms with Crippen LogP contribution in [0, 0.1) is 13.8 Å². The lowest BCUT2D eigenvalue weighted by atomic mass is 9.97. The Morgan fingerprint density at radius 1 is 1.00 bits per heavy atom. The summed E-state index contributed by atoms with van der Waals surface area (Å²) in [7, 11) is 0.644. The maximum Gasteiger partial charge on any atom is 0.229 e. The third kappa shape index (κ3) is 5.16. The minimum atomic E-state index is -3.41. The van der Waals surface area contributed by atoms with Crippen molar-refractivity contribution in [3.63, 3.8) is 0 Å². The molecule has 0 aliphatic rings. The van der Waals surface area contributed by atoms with Crippen molar-refractivity contribution in [3.05, 3.63) is 59.8 Å². The highest BCUT2D eigenvalue weighted by atomic mass is 32.2. The highest BCUT2D eigenvalue weighted by Gasteiger charge is 2.16. The summed E-state index contributed by atoms with van der Waals surface area (Å²) in [6, 6.07) is 10.0. The van der Waals surface area contributed by atoms with Gasteiger partial charge in [0.1, 0.15) is 6.33 Å². The number of hydrogen-bond acceptors (Lipinski definition) is 6. The van der Waals surface area contributed by atoms with Gasteiger partial charge in [0.2, 0.25) is 10.0 Å². The van der Waals surface area contributed by atoms with Crippen LogP contribution in [0.4, 0.5) is 5.69 Å². The second-order valence-electron chi connectivity index (χ2n) is 7.35. The number of nitrogens with zero attached hydrogens (tertiary/aromatic N) is 4. The molecule has 0 unspecified atom stereocenters. The molecular formula is C21H25N5O2S. The van der Waals surface area contributed by atoms with Crippen LogP contribution in [0.15, 0.2) is 42.9 Å². The molecule has 0 spiro atoms. The summed E-state index contributed by atoms with van der Waals surface area (Å²) in [5, 5.41) is 0. The molecule has 8 heteroatoms. The van der Waals surface area contributed by atoms with Crippen molar-refractivity contribution in [2.24, 2.45) is 0 Å². The van der Waals surface area contributed by atoms with E-state index >= 15 is 0 Å². The van der Waals surface area contributed by atoms with Crippen LogP contribution in [0.2, 0.25) is 0 Å². The van der Waals surface area contributed by atoms with Gasteiger partial charge in [0.25, 0.3) is 0 Å². The summed E-state index contributed by atoms with van der Waals surface area (Å²) in [4.78, 5) is 15.4. The van der Waals surface area contributed by atoms with Crippen molar-refractivity contribution in [2.45, 2.75) is 20.4 Å². The van der Waals surface area contributed by atoms with Gasteiger partial charge in [-0.1, -0.05) is 18.2 Å². The van der Waals surface area contributed by atoms with E-state index in [1.54, 1.807) is 25.5 Å². The van der Waals surface area contributed by atoms with Crippen LogP contribution in [-0.4, -0.2) is 48.6 Å². The Balaban J connectivity index is 2.14. The first-order chi connectivity index (χ1) is 13.6. The molecule has 152 valence electrons. The third-order valence-corrected chi connectivity index (χ3v) is 5.00. The molecular weight excluding hydrogens is 386 g/mol. The molecule has 1 aromatic carbocycles. The summed E-state index contributed by atoms with van der Waals surface area (Å²) in [5.41, 5.74) is 6.37. The minimum absolute atomic E-state index is 0.445. The van der Waals surface area contributed by atoms with Crippen LogP contribution in [0.5, 0.6) is 0 Å². The lowest BCUT2D eigenvalue weighted by Crippen LogP contribution is -2.11. The molecule has 29 heavy (non-hydrogen) atoms. The third-order valence-electron chi connectivity index (χ3n) is 4.41. The standard InChI is InChI=1S/C21H25N5O2S/c1-14-19(25-29(5,27)28)10-18(11-22-14)20-15(2)23-13-24-21(20)17-8-6-7-16(9-17)12-26(3)4/h6-11,13,25H,12H2,1-5H3. The van der Waals surface area contributed by atoms with Crippen molar-refractivity contribution in [3.8, 4) is 22.4 Å². The van der Waals surface area contributed by atoms with Gasteiger partial charge >= 0.3 is 0 Å². The molecule has 2 heterocycles. The summed E-state index contributed by atoms with van der Waals surface area (Å²) in [6.07, 6.45) is 4.39. The number of aromatic nitrogens is 3. The number of nitrogens with one attached hydrogen (secondary N) is 1. The van der Waals surface area contributed by atoms with Crippen LogP contribution >= 0.6 is 0 Å². The second kappa shape index (κ2) is 8.26. The number of anilines is 1. The fourth-order valence-electron chi connectivity index (χ4n) is 3.19. The monoisotopic (exact) mass is 411 g/mol. The Morgan fingerprint density at radius 2 is 1.76 bits per heavy atom. The zero-order valence-corrected chi connectivity index (χ0v) is 18.1. The maximum atomic E-state index is 11.7. The number of aryl methyl sites for hydroxylation is 2. The van der Waals surface area contributed by atoms with Crippen LogP contribution in [0.3, 0.4) is 0 Å². The van der Waals surface area contributed by atoms with Crippen LogP contribution in [0.1, 0.15) is 17.0 Å². The van der Waals surface area contributed by atoms with Gasteiger partial charge in [0.15, 0.2) is 0 Å². The van der Waals surface area contributed by atoms with Gasteiger partial charge in [0, 0.05) is 35.1 Å². The van der Waals surface area contributed by atoms with E-state index in [4.69, 9.17) is 0 Å². The average Bonchev–Trinajstić information content (AvgIpc) is 2.62. The van der Waals surface area contributed by atoms with Gasteiger partial charge in [-0.2, -0.15) is 0 Å². The first-order valence-electron chi connectivity index (χ1n) is 9.14. The van der Waals surface area contributed by atoms with E-state index in [-0.39, 0.29) is 0 Å². The molecule has 0 bridgehead atoms. The SMILES string of the molecule is Cc1ncc(-c2c(C)ncnc2-c2cccc(CN(C)C)c2)cc1NS(C)(=O)=O. The molecule has 0 amide bonds. The van der Waals surface area contributed by atoms with Crippen molar-refractivity contribution in [2.75, 3.05) is 25.1 Å². The van der Waals surface area contributed by atoms with Gasteiger partial charge < -0.3 is 4.90 Å². The normalized spacial score (nSPS) is 11.7. The van der Waals surface area contributed by atoms with Gasteiger partial charge in [-0.25, -0.2) is 18.4 Å². The molecule has 2 aromatic heterocycles.